The lowest BCUT2D eigenvalue weighted by molar-refractivity contribution is 0.259. The molecular weight excluding hydrogens is 406 g/mol. The maximum atomic E-state index is 11.9. The highest BCUT2D eigenvalue weighted by molar-refractivity contribution is 7.99. The van der Waals surface area contributed by atoms with Gasteiger partial charge in [-0.2, -0.15) is 5.26 Å². The first-order chi connectivity index (χ1) is 13.9. The molecule has 1 aromatic carbocycles. The van der Waals surface area contributed by atoms with Gasteiger partial charge in [0.15, 0.2) is 16.6 Å². The van der Waals surface area contributed by atoms with Gasteiger partial charge >= 0.3 is 4.87 Å². The van der Waals surface area contributed by atoms with Gasteiger partial charge in [0.2, 0.25) is 0 Å². The zero-order chi connectivity index (χ0) is 21.0. The van der Waals surface area contributed by atoms with E-state index in [-0.39, 0.29) is 22.8 Å². The van der Waals surface area contributed by atoms with Crippen LogP contribution in [0.1, 0.15) is 43.6 Å². The molecule has 152 valence electrons. The fraction of sp³-hybridized carbons (Fsp3) is 0.400. The van der Waals surface area contributed by atoms with Gasteiger partial charge in [0.05, 0.1) is 24.3 Å². The van der Waals surface area contributed by atoms with Crippen LogP contribution < -0.4 is 10.2 Å². The van der Waals surface area contributed by atoms with Crippen LogP contribution >= 0.6 is 23.1 Å². The summed E-state index contributed by atoms with van der Waals surface area (Å²) in [5, 5.41) is 22.7. The second-order valence-corrected chi connectivity index (χ2v) is 9.49. The van der Waals surface area contributed by atoms with E-state index in [1.807, 2.05) is 25.1 Å². The first-order valence-corrected chi connectivity index (χ1v) is 11.0. The number of thiazole rings is 1. The summed E-state index contributed by atoms with van der Waals surface area (Å²) in [7, 11) is 0. The van der Waals surface area contributed by atoms with E-state index in [0.717, 1.165) is 23.3 Å². The molecule has 2 heterocycles. The summed E-state index contributed by atoms with van der Waals surface area (Å²) in [4.78, 5) is 23.6. The summed E-state index contributed by atoms with van der Waals surface area (Å²) >= 11 is 2.50. The average Bonchev–Trinajstić information content (AvgIpc) is 3.07. The van der Waals surface area contributed by atoms with Crippen molar-refractivity contribution >= 4 is 39.3 Å². The molecule has 0 unspecified atom stereocenters. The lowest BCUT2D eigenvalue weighted by atomic mass is 10.0. The number of aliphatic hydroxyl groups is 1. The Labute approximate surface area is 177 Å². The molecule has 0 radical (unpaired) electrons. The number of nitrogens with zero attached hydrogens (tertiary/aromatic N) is 3. The van der Waals surface area contributed by atoms with E-state index >= 15 is 0 Å². The predicted octanol–water partition coefficient (Wildman–Crippen LogP) is 3.92. The largest absolute Gasteiger partial charge is 0.394 e. The Hall–Kier alpha value is -2.41. The highest BCUT2D eigenvalue weighted by Gasteiger charge is 2.18. The van der Waals surface area contributed by atoms with Crippen molar-refractivity contribution in [1.82, 2.24) is 15.0 Å². The summed E-state index contributed by atoms with van der Waals surface area (Å²) < 4.78 is 0.653. The molecule has 0 saturated heterocycles. The van der Waals surface area contributed by atoms with Gasteiger partial charge in [-0.15, -0.1) is 0 Å². The fourth-order valence-electron chi connectivity index (χ4n) is 3.01. The van der Waals surface area contributed by atoms with Crippen LogP contribution in [0.15, 0.2) is 34.2 Å². The highest BCUT2D eigenvalue weighted by atomic mass is 32.2. The molecule has 0 fully saturated rings. The fourth-order valence-corrected chi connectivity index (χ4v) is 4.62. The van der Waals surface area contributed by atoms with Crippen LogP contribution in [-0.2, 0) is 0 Å². The molecule has 3 N–H and O–H groups in total. The molecule has 7 nitrogen and oxygen atoms in total. The van der Waals surface area contributed by atoms with E-state index in [0.29, 0.717) is 32.8 Å². The van der Waals surface area contributed by atoms with Crippen LogP contribution in [0, 0.1) is 17.2 Å². The SMILES string of the molecule is CC(C)C[C@H](CO)Nc1nc(S[C@@H](C)c2cccc(C#N)c2)nc2[nH]c(=O)sc12. The lowest BCUT2D eigenvalue weighted by Gasteiger charge is -2.19. The van der Waals surface area contributed by atoms with E-state index in [4.69, 9.17) is 5.26 Å². The van der Waals surface area contributed by atoms with Gasteiger partial charge in [0, 0.05) is 5.25 Å². The van der Waals surface area contributed by atoms with Crippen LogP contribution in [0.3, 0.4) is 0 Å². The number of fused-ring (bicyclic) bond motifs is 1. The van der Waals surface area contributed by atoms with Crippen molar-refractivity contribution in [1.29, 1.82) is 5.26 Å². The second kappa shape index (κ2) is 9.39. The van der Waals surface area contributed by atoms with Crippen molar-refractivity contribution in [3.63, 3.8) is 0 Å². The molecule has 2 aromatic heterocycles. The van der Waals surface area contributed by atoms with Gasteiger partial charge in [0.25, 0.3) is 0 Å². The third kappa shape index (κ3) is 5.35. The topological polar surface area (TPSA) is 115 Å². The smallest absolute Gasteiger partial charge is 0.306 e. The Morgan fingerprint density at radius 1 is 1.34 bits per heavy atom. The van der Waals surface area contributed by atoms with Gasteiger partial charge in [-0.3, -0.25) is 9.78 Å². The van der Waals surface area contributed by atoms with Gasteiger partial charge < -0.3 is 10.4 Å². The summed E-state index contributed by atoms with van der Waals surface area (Å²) in [6.07, 6.45) is 0.779. The highest BCUT2D eigenvalue weighted by Crippen LogP contribution is 2.35. The Bertz CT molecular complexity index is 1090. The molecule has 0 bridgehead atoms. The second-order valence-electron chi connectivity index (χ2n) is 7.20. The van der Waals surface area contributed by atoms with Crippen molar-refractivity contribution in [3.8, 4) is 6.07 Å². The molecule has 0 aliphatic carbocycles. The van der Waals surface area contributed by atoms with E-state index in [9.17, 15) is 9.90 Å². The van der Waals surface area contributed by atoms with Crippen LogP contribution in [0.25, 0.3) is 10.3 Å². The standard InChI is InChI=1S/C20H23N5O2S2/c1-11(2)7-15(10-26)22-17-16-18(25-20(27)29-16)24-19(23-17)28-12(3)14-6-4-5-13(8-14)9-21/h4-6,8,11-12,15,26H,7,10H2,1-3H3,(H2,22,23,24,25,27)/t12-,15+/m0/s1. The predicted molar refractivity (Wildman–Crippen MR) is 117 cm³/mol. The summed E-state index contributed by atoms with van der Waals surface area (Å²) in [6, 6.07) is 9.44. The van der Waals surface area contributed by atoms with Crippen LogP contribution in [0.4, 0.5) is 5.82 Å². The zero-order valence-corrected chi connectivity index (χ0v) is 18.1. The van der Waals surface area contributed by atoms with Crippen molar-refractivity contribution in [2.24, 2.45) is 5.92 Å². The van der Waals surface area contributed by atoms with Crippen molar-refractivity contribution in [2.45, 2.75) is 43.6 Å². The molecule has 0 saturated carbocycles. The number of thioether (sulfide) groups is 1. The number of aliphatic hydroxyl groups excluding tert-OH is 1. The Morgan fingerprint density at radius 2 is 2.14 bits per heavy atom. The van der Waals surface area contributed by atoms with Gasteiger partial charge in [-0.1, -0.05) is 49.1 Å². The number of rotatable bonds is 8. The van der Waals surface area contributed by atoms with Gasteiger partial charge in [-0.05, 0) is 37.0 Å². The molecule has 0 aliphatic heterocycles. The number of hydrogen-bond donors (Lipinski definition) is 3. The zero-order valence-electron chi connectivity index (χ0n) is 16.5. The molecule has 9 heteroatoms. The minimum absolute atomic E-state index is 0.0169. The normalized spacial score (nSPS) is 13.4. The molecule has 3 rings (SSSR count). The third-order valence-electron chi connectivity index (χ3n) is 4.34. The van der Waals surface area contributed by atoms with E-state index < -0.39 is 0 Å². The van der Waals surface area contributed by atoms with Crippen LogP contribution in [-0.4, -0.2) is 32.7 Å². The maximum Gasteiger partial charge on any atom is 0.306 e. The van der Waals surface area contributed by atoms with Crippen molar-refractivity contribution < 1.29 is 5.11 Å². The number of anilines is 1. The molecule has 0 aliphatic rings. The monoisotopic (exact) mass is 429 g/mol. The Kier molecular flexibility index (Phi) is 6.90. The number of aromatic nitrogens is 3. The van der Waals surface area contributed by atoms with Gasteiger partial charge in [0.1, 0.15) is 4.70 Å². The maximum absolute atomic E-state index is 11.9. The molecule has 3 aromatic rings. The molecule has 0 spiro atoms. The number of nitriles is 1. The number of aromatic amines is 1. The number of nitrogens with one attached hydrogen (secondary N) is 2. The quantitative estimate of drug-likeness (QED) is 0.367. The minimum Gasteiger partial charge on any atom is -0.394 e. The molecule has 0 amide bonds. The molecule has 2 atom stereocenters. The van der Waals surface area contributed by atoms with E-state index in [1.54, 1.807) is 6.07 Å². The van der Waals surface area contributed by atoms with Crippen molar-refractivity contribution in [3.05, 3.63) is 45.1 Å². The lowest BCUT2D eigenvalue weighted by Crippen LogP contribution is -2.26. The van der Waals surface area contributed by atoms with E-state index in [2.05, 4.69) is 40.2 Å². The minimum atomic E-state index is -0.196. The summed E-state index contributed by atoms with van der Waals surface area (Å²) in [5.74, 6) is 0.960. The first-order valence-electron chi connectivity index (χ1n) is 9.34. The number of benzene rings is 1. The summed E-state index contributed by atoms with van der Waals surface area (Å²) in [5.41, 5.74) is 2.09. The van der Waals surface area contributed by atoms with Crippen LogP contribution in [0.5, 0.6) is 0 Å². The number of H-pyrrole nitrogens is 1. The molecular formula is C20H23N5O2S2. The summed E-state index contributed by atoms with van der Waals surface area (Å²) in [6.45, 7) is 6.18. The first kappa shape index (κ1) is 21.3. The van der Waals surface area contributed by atoms with Gasteiger partial charge in [-0.25, -0.2) is 9.97 Å². The number of hydrogen-bond acceptors (Lipinski definition) is 8. The average molecular weight is 430 g/mol. The Morgan fingerprint density at radius 3 is 2.83 bits per heavy atom. The third-order valence-corrected chi connectivity index (χ3v) is 6.24. The van der Waals surface area contributed by atoms with Crippen molar-refractivity contribution in [2.75, 3.05) is 11.9 Å². The molecule has 29 heavy (non-hydrogen) atoms. The van der Waals surface area contributed by atoms with E-state index in [1.165, 1.54) is 11.8 Å². The Balaban J connectivity index is 1.92. The van der Waals surface area contributed by atoms with Crippen LogP contribution in [0.2, 0.25) is 0 Å².